The maximum Gasteiger partial charge on any atom is 0.128 e. The Morgan fingerprint density at radius 2 is 2.14 bits per heavy atom. The Morgan fingerprint density at radius 1 is 1.36 bits per heavy atom. The summed E-state index contributed by atoms with van der Waals surface area (Å²) in [7, 11) is 0. The highest BCUT2D eigenvalue weighted by molar-refractivity contribution is 5.98. The molecule has 1 atom stereocenters. The minimum Gasteiger partial charge on any atom is -0.367 e. The Hall–Kier alpha value is -1.03. The van der Waals surface area contributed by atoms with Gasteiger partial charge in [0, 0.05) is 30.4 Å². The molecule has 1 aliphatic carbocycles. The molecule has 1 fully saturated rings. The van der Waals surface area contributed by atoms with E-state index in [0.29, 0.717) is 12.2 Å². The molecule has 3 N–H and O–H groups in total. The molecule has 4 heteroatoms. The fourth-order valence-corrected chi connectivity index (χ4v) is 2.41. The summed E-state index contributed by atoms with van der Waals surface area (Å²) < 4.78 is 0. The average Bonchev–Trinajstić information content (AvgIpc) is 2.84. The standard InChI is InChI=1S/C10H16N4/c1-6-13-9-5-12-4-8(9)10(11)14(6)7-2-3-7/h6-7,11-13H,2-5H2,1H3. The molecule has 3 rings (SSSR count). The first-order valence-electron chi connectivity index (χ1n) is 5.34. The summed E-state index contributed by atoms with van der Waals surface area (Å²) in [5, 5.41) is 14.9. The number of hydrogen-bond donors (Lipinski definition) is 3. The van der Waals surface area contributed by atoms with Crippen LogP contribution in [0.2, 0.25) is 0 Å². The largest absolute Gasteiger partial charge is 0.367 e. The van der Waals surface area contributed by atoms with Crippen molar-refractivity contribution in [1.82, 2.24) is 15.5 Å². The van der Waals surface area contributed by atoms with Crippen LogP contribution >= 0.6 is 0 Å². The van der Waals surface area contributed by atoms with Crippen molar-refractivity contribution in [2.24, 2.45) is 0 Å². The minimum atomic E-state index is 0.300. The molecule has 14 heavy (non-hydrogen) atoms. The number of hydrogen-bond acceptors (Lipinski definition) is 3. The van der Waals surface area contributed by atoms with Gasteiger partial charge in [-0.15, -0.1) is 0 Å². The van der Waals surface area contributed by atoms with Gasteiger partial charge >= 0.3 is 0 Å². The van der Waals surface area contributed by atoms with Gasteiger partial charge in [-0.1, -0.05) is 0 Å². The lowest BCUT2D eigenvalue weighted by molar-refractivity contribution is 0.278. The van der Waals surface area contributed by atoms with Gasteiger partial charge in [-0.3, -0.25) is 5.41 Å². The normalized spacial score (nSPS) is 31.9. The second kappa shape index (κ2) is 2.73. The van der Waals surface area contributed by atoms with E-state index in [0.717, 1.165) is 18.9 Å². The molecule has 0 amide bonds. The fourth-order valence-electron chi connectivity index (χ4n) is 2.41. The van der Waals surface area contributed by atoms with Gasteiger partial charge in [0.2, 0.25) is 0 Å². The van der Waals surface area contributed by atoms with Gasteiger partial charge in [0.1, 0.15) is 5.84 Å². The van der Waals surface area contributed by atoms with Gasteiger partial charge in [-0.2, -0.15) is 0 Å². The third-order valence-corrected chi connectivity index (χ3v) is 3.25. The van der Waals surface area contributed by atoms with E-state index in [9.17, 15) is 0 Å². The summed E-state index contributed by atoms with van der Waals surface area (Å²) in [6.07, 6.45) is 2.81. The molecule has 1 unspecified atom stereocenters. The smallest absolute Gasteiger partial charge is 0.128 e. The maximum atomic E-state index is 8.16. The van der Waals surface area contributed by atoms with Crippen LogP contribution in [-0.2, 0) is 0 Å². The van der Waals surface area contributed by atoms with Crippen molar-refractivity contribution < 1.29 is 0 Å². The summed E-state index contributed by atoms with van der Waals surface area (Å²) in [5.41, 5.74) is 2.41. The molecule has 0 saturated heterocycles. The first-order valence-corrected chi connectivity index (χ1v) is 5.34. The highest BCUT2D eigenvalue weighted by Gasteiger charge is 2.39. The number of nitrogens with zero attached hydrogens (tertiary/aromatic N) is 1. The maximum absolute atomic E-state index is 8.16. The summed E-state index contributed by atoms with van der Waals surface area (Å²) in [4.78, 5) is 2.23. The predicted octanol–water partition coefficient (Wildman–Crippen LogP) is 0.235. The third kappa shape index (κ3) is 1.07. The van der Waals surface area contributed by atoms with Crippen LogP contribution in [-0.4, -0.2) is 36.0 Å². The van der Waals surface area contributed by atoms with Crippen molar-refractivity contribution in [3.05, 3.63) is 11.3 Å². The molecule has 0 aromatic carbocycles. The van der Waals surface area contributed by atoms with E-state index in [-0.39, 0.29) is 0 Å². The predicted molar refractivity (Wildman–Crippen MR) is 55.1 cm³/mol. The van der Waals surface area contributed by atoms with Crippen LogP contribution in [0.1, 0.15) is 19.8 Å². The monoisotopic (exact) mass is 192 g/mol. The Morgan fingerprint density at radius 3 is 2.86 bits per heavy atom. The van der Waals surface area contributed by atoms with Crippen molar-refractivity contribution in [3.8, 4) is 0 Å². The van der Waals surface area contributed by atoms with E-state index in [2.05, 4.69) is 22.5 Å². The zero-order valence-electron chi connectivity index (χ0n) is 8.43. The zero-order valence-corrected chi connectivity index (χ0v) is 8.43. The molecule has 2 aliphatic heterocycles. The SMILES string of the molecule is CC1NC2=C(CNC2)C(=N)N1C1CC1. The highest BCUT2D eigenvalue weighted by atomic mass is 15.4. The molecule has 0 aromatic rings. The molecule has 0 aromatic heterocycles. The van der Waals surface area contributed by atoms with E-state index >= 15 is 0 Å². The number of nitrogens with one attached hydrogen (secondary N) is 3. The molecule has 0 bridgehead atoms. The molecule has 0 spiro atoms. The molecule has 3 aliphatic rings. The lowest BCUT2D eigenvalue weighted by Gasteiger charge is -2.37. The van der Waals surface area contributed by atoms with Crippen LogP contribution in [0.5, 0.6) is 0 Å². The summed E-state index contributed by atoms with van der Waals surface area (Å²) in [5.74, 6) is 0.749. The first kappa shape index (κ1) is 8.29. The number of rotatable bonds is 1. The molecule has 1 saturated carbocycles. The van der Waals surface area contributed by atoms with Gasteiger partial charge < -0.3 is 15.5 Å². The Labute approximate surface area is 83.9 Å². The molecule has 0 radical (unpaired) electrons. The van der Waals surface area contributed by atoms with Gasteiger partial charge in [0.25, 0.3) is 0 Å². The quantitative estimate of drug-likeness (QED) is 0.557. The first-order chi connectivity index (χ1) is 6.77. The topological polar surface area (TPSA) is 51.1 Å². The van der Waals surface area contributed by atoms with Gasteiger partial charge in [-0.05, 0) is 19.8 Å². The van der Waals surface area contributed by atoms with Crippen LogP contribution in [0.15, 0.2) is 11.3 Å². The van der Waals surface area contributed by atoms with E-state index in [1.54, 1.807) is 0 Å². The average molecular weight is 192 g/mol. The fraction of sp³-hybridized carbons (Fsp3) is 0.700. The Kier molecular flexibility index (Phi) is 1.62. The molecule has 76 valence electrons. The second-order valence-corrected chi connectivity index (χ2v) is 4.37. The molecular weight excluding hydrogens is 176 g/mol. The van der Waals surface area contributed by atoms with Crippen LogP contribution in [0.4, 0.5) is 0 Å². The van der Waals surface area contributed by atoms with Crippen molar-refractivity contribution >= 4 is 5.84 Å². The van der Waals surface area contributed by atoms with Gasteiger partial charge in [0.15, 0.2) is 0 Å². The van der Waals surface area contributed by atoms with Crippen molar-refractivity contribution in [1.29, 1.82) is 5.41 Å². The summed E-state index contributed by atoms with van der Waals surface area (Å²) >= 11 is 0. The lowest BCUT2D eigenvalue weighted by Crippen LogP contribution is -2.52. The van der Waals surface area contributed by atoms with Crippen LogP contribution in [0.3, 0.4) is 0 Å². The van der Waals surface area contributed by atoms with Crippen LogP contribution in [0.25, 0.3) is 0 Å². The second-order valence-electron chi connectivity index (χ2n) is 4.37. The van der Waals surface area contributed by atoms with Gasteiger partial charge in [-0.25, -0.2) is 0 Å². The van der Waals surface area contributed by atoms with Crippen LogP contribution < -0.4 is 10.6 Å². The van der Waals surface area contributed by atoms with E-state index in [1.807, 2.05) is 0 Å². The molecular formula is C10H16N4. The highest BCUT2D eigenvalue weighted by Crippen LogP contribution is 2.32. The van der Waals surface area contributed by atoms with E-state index in [4.69, 9.17) is 5.41 Å². The summed E-state index contributed by atoms with van der Waals surface area (Å²) in [6.45, 7) is 3.91. The third-order valence-electron chi connectivity index (χ3n) is 3.25. The Balaban J connectivity index is 1.92. The minimum absolute atomic E-state index is 0.300. The lowest BCUT2D eigenvalue weighted by atomic mass is 10.1. The molecule has 2 heterocycles. The Bertz CT molecular complexity index is 316. The van der Waals surface area contributed by atoms with Crippen LogP contribution in [0, 0.1) is 5.41 Å². The van der Waals surface area contributed by atoms with Crippen molar-refractivity contribution in [2.45, 2.75) is 32.0 Å². The summed E-state index contributed by atoms with van der Waals surface area (Å²) in [6, 6.07) is 0.625. The van der Waals surface area contributed by atoms with Crippen molar-refractivity contribution in [2.75, 3.05) is 13.1 Å². The number of amidine groups is 1. The van der Waals surface area contributed by atoms with Gasteiger partial charge in [0.05, 0.1) is 6.17 Å². The van der Waals surface area contributed by atoms with E-state index < -0.39 is 0 Å². The van der Waals surface area contributed by atoms with Crippen molar-refractivity contribution in [3.63, 3.8) is 0 Å². The van der Waals surface area contributed by atoms with E-state index in [1.165, 1.54) is 24.1 Å². The zero-order chi connectivity index (χ0) is 9.71. The molecule has 4 nitrogen and oxygen atoms in total.